The molecule has 2 aromatic rings. The van der Waals surface area contributed by atoms with E-state index in [4.69, 9.17) is 9.94 Å². The highest BCUT2D eigenvalue weighted by atomic mass is 16.6. The van der Waals surface area contributed by atoms with E-state index in [1.165, 1.54) is 6.21 Å². The average Bonchev–Trinajstić information content (AvgIpc) is 2.34. The molecular formula is C12H12N2O2. The quantitative estimate of drug-likeness (QED) is 0.479. The lowest BCUT2D eigenvalue weighted by Gasteiger charge is -1.98. The summed E-state index contributed by atoms with van der Waals surface area (Å²) in [7, 11) is 0. The van der Waals surface area contributed by atoms with Crippen molar-refractivity contribution in [3.63, 3.8) is 0 Å². The van der Waals surface area contributed by atoms with Crippen LogP contribution in [0.25, 0.3) is 10.9 Å². The molecule has 0 spiro atoms. The van der Waals surface area contributed by atoms with E-state index in [0.29, 0.717) is 0 Å². The van der Waals surface area contributed by atoms with Crippen molar-refractivity contribution in [1.29, 1.82) is 0 Å². The van der Waals surface area contributed by atoms with E-state index in [9.17, 15) is 0 Å². The summed E-state index contributed by atoms with van der Waals surface area (Å²) < 4.78 is 0. The van der Waals surface area contributed by atoms with Gasteiger partial charge in [0.15, 0.2) is 0 Å². The van der Waals surface area contributed by atoms with Gasteiger partial charge in [0.2, 0.25) is 0 Å². The van der Waals surface area contributed by atoms with Crippen molar-refractivity contribution in [2.45, 2.75) is 0 Å². The van der Waals surface area contributed by atoms with Crippen LogP contribution in [0.15, 0.2) is 41.6 Å². The van der Waals surface area contributed by atoms with E-state index in [0.717, 1.165) is 16.6 Å². The fourth-order valence-electron chi connectivity index (χ4n) is 1.34. The minimum atomic E-state index is -0.0392. The number of fused-ring (bicyclic) bond motifs is 1. The predicted octanol–water partition coefficient (Wildman–Crippen LogP) is 1.58. The minimum absolute atomic E-state index is 0.0392. The maximum absolute atomic E-state index is 8.49. The molecule has 16 heavy (non-hydrogen) atoms. The molecule has 1 aromatic heterocycles. The van der Waals surface area contributed by atoms with Crippen LogP contribution in [0.1, 0.15) is 5.69 Å². The molecule has 0 fully saturated rings. The second-order valence-electron chi connectivity index (χ2n) is 3.22. The Hall–Kier alpha value is -1.94. The van der Waals surface area contributed by atoms with Crippen LogP contribution in [0.5, 0.6) is 0 Å². The van der Waals surface area contributed by atoms with E-state index in [-0.39, 0.29) is 13.2 Å². The third-order valence-electron chi connectivity index (χ3n) is 2.06. The first-order chi connectivity index (χ1) is 7.90. The lowest BCUT2D eigenvalue weighted by molar-refractivity contribution is 0.0997. The van der Waals surface area contributed by atoms with Gasteiger partial charge in [-0.2, -0.15) is 0 Å². The summed E-state index contributed by atoms with van der Waals surface area (Å²) in [5.74, 6) is 0. The number of aromatic nitrogens is 1. The van der Waals surface area contributed by atoms with Gasteiger partial charge in [0.1, 0.15) is 6.61 Å². The Balaban J connectivity index is 2.16. The summed E-state index contributed by atoms with van der Waals surface area (Å²) in [5.41, 5.74) is 1.66. The number of aliphatic hydroxyl groups is 1. The van der Waals surface area contributed by atoms with Crippen molar-refractivity contribution < 1.29 is 9.94 Å². The van der Waals surface area contributed by atoms with Crippen molar-refractivity contribution in [1.82, 2.24) is 4.98 Å². The Bertz CT molecular complexity index is 497. The van der Waals surface area contributed by atoms with Crippen molar-refractivity contribution >= 4 is 17.1 Å². The normalized spacial score (nSPS) is 11.1. The van der Waals surface area contributed by atoms with E-state index < -0.39 is 0 Å². The molecule has 82 valence electrons. The third kappa shape index (κ3) is 2.55. The van der Waals surface area contributed by atoms with E-state index >= 15 is 0 Å². The molecule has 0 bridgehead atoms. The first-order valence-corrected chi connectivity index (χ1v) is 5.02. The van der Waals surface area contributed by atoms with E-state index in [1.54, 1.807) is 0 Å². The predicted molar refractivity (Wildman–Crippen MR) is 62.4 cm³/mol. The molecule has 2 rings (SSSR count). The van der Waals surface area contributed by atoms with Crippen LogP contribution in [0.3, 0.4) is 0 Å². The van der Waals surface area contributed by atoms with Crippen molar-refractivity contribution in [2.75, 3.05) is 13.2 Å². The molecule has 1 aromatic carbocycles. The first kappa shape index (κ1) is 10.6. The zero-order valence-corrected chi connectivity index (χ0v) is 8.71. The molecule has 0 atom stereocenters. The molecule has 4 heteroatoms. The molecule has 0 aliphatic carbocycles. The van der Waals surface area contributed by atoms with Gasteiger partial charge in [0, 0.05) is 5.39 Å². The van der Waals surface area contributed by atoms with Crippen LogP contribution in [0.2, 0.25) is 0 Å². The van der Waals surface area contributed by atoms with Crippen LogP contribution in [-0.4, -0.2) is 29.5 Å². The second kappa shape index (κ2) is 5.23. The van der Waals surface area contributed by atoms with Gasteiger partial charge < -0.3 is 9.94 Å². The van der Waals surface area contributed by atoms with Crippen LogP contribution in [0.4, 0.5) is 0 Å². The number of aliphatic hydroxyl groups excluding tert-OH is 1. The zero-order valence-electron chi connectivity index (χ0n) is 8.71. The lowest BCUT2D eigenvalue weighted by Crippen LogP contribution is -1.94. The molecule has 0 radical (unpaired) electrons. The van der Waals surface area contributed by atoms with Gasteiger partial charge in [0.05, 0.1) is 24.0 Å². The van der Waals surface area contributed by atoms with Crippen molar-refractivity contribution in [3.05, 3.63) is 42.1 Å². The monoisotopic (exact) mass is 216 g/mol. The highest BCUT2D eigenvalue weighted by Gasteiger charge is 1.94. The Morgan fingerprint density at radius 1 is 1.25 bits per heavy atom. The van der Waals surface area contributed by atoms with Crippen molar-refractivity contribution in [3.8, 4) is 0 Å². The average molecular weight is 216 g/mol. The fraction of sp³-hybridized carbons (Fsp3) is 0.167. The van der Waals surface area contributed by atoms with Gasteiger partial charge in [-0.15, -0.1) is 0 Å². The Labute approximate surface area is 93.2 Å². The van der Waals surface area contributed by atoms with Crippen LogP contribution in [0, 0.1) is 0 Å². The van der Waals surface area contributed by atoms with Crippen LogP contribution < -0.4 is 0 Å². The third-order valence-corrected chi connectivity index (χ3v) is 2.06. The molecule has 0 amide bonds. The summed E-state index contributed by atoms with van der Waals surface area (Å²) in [4.78, 5) is 9.16. The lowest BCUT2D eigenvalue weighted by atomic mass is 10.2. The molecule has 0 saturated carbocycles. The summed E-state index contributed by atoms with van der Waals surface area (Å²) in [6, 6.07) is 11.7. The molecule has 0 aliphatic heterocycles. The molecule has 1 N–H and O–H groups in total. The highest BCUT2D eigenvalue weighted by Crippen LogP contribution is 2.10. The van der Waals surface area contributed by atoms with Crippen LogP contribution >= 0.6 is 0 Å². The number of para-hydroxylation sites is 1. The standard InChI is InChI=1S/C12H12N2O2/c15-7-8-16-13-9-11-6-5-10-3-1-2-4-12(10)14-11/h1-6,9,15H,7-8H2/b13-9-. The van der Waals surface area contributed by atoms with E-state index in [1.807, 2.05) is 36.4 Å². The molecule has 0 aliphatic rings. The molecule has 0 unspecified atom stereocenters. The van der Waals surface area contributed by atoms with Crippen LogP contribution in [-0.2, 0) is 4.84 Å². The second-order valence-corrected chi connectivity index (χ2v) is 3.22. The van der Waals surface area contributed by atoms with Crippen molar-refractivity contribution in [2.24, 2.45) is 5.16 Å². The van der Waals surface area contributed by atoms with Gasteiger partial charge in [-0.05, 0) is 12.1 Å². The van der Waals surface area contributed by atoms with Gasteiger partial charge >= 0.3 is 0 Å². The number of benzene rings is 1. The summed E-state index contributed by atoms with van der Waals surface area (Å²) in [5, 5.41) is 13.3. The summed E-state index contributed by atoms with van der Waals surface area (Å²) >= 11 is 0. The number of hydrogen-bond donors (Lipinski definition) is 1. The molecule has 0 saturated heterocycles. The van der Waals surface area contributed by atoms with Gasteiger partial charge in [-0.25, -0.2) is 4.98 Å². The number of pyridine rings is 1. The minimum Gasteiger partial charge on any atom is -0.393 e. The molecule has 4 nitrogen and oxygen atoms in total. The number of rotatable bonds is 4. The Morgan fingerprint density at radius 3 is 3.00 bits per heavy atom. The maximum atomic E-state index is 8.49. The maximum Gasteiger partial charge on any atom is 0.140 e. The first-order valence-electron chi connectivity index (χ1n) is 5.02. The van der Waals surface area contributed by atoms with E-state index in [2.05, 4.69) is 10.1 Å². The summed E-state index contributed by atoms with van der Waals surface area (Å²) in [6.45, 7) is 0.159. The largest absolute Gasteiger partial charge is 0.393 e. The molecular weight excluding hydrogens is 204 g/mol. The zero-order chi connectivity index (χ0) is 11.2. The van der Waals surface area contributed by atoms with Gasteiger partial charge in [-0.1, -0.05) is 29.4 Å². The fourth-order valence-corrected chi connectivity index (χ4v) is 1.34. The van der Waals surface area contributed by atoms with Gasteiger partial charge in [-0.3, -0.25) is 0 Å². The highest BCUT2D eigenvalue weighted by molar-refractivity contribution is 5.84. The molecule has 1 heterocycles. The Kier molecular flexibility index (Phi) is 3.46. The summed E-state index contributed by atoms with van der Waals surface area (Å²) in [6.07, 6.45) is 1.53. The van der Waals surface area contributed by atoms with Gasteiger partial charge in [0.25, 0.3) is 0 Å². The smallest absolute Gasteiger partial charge is 0.140 e. The Morgan fingerprint density at radius 2 is 2.12 bits per heavy atom. The topological polar surface area (TPSA) is 54.7 Å². The number of oxime groups is 1. The SMILES string of the molecule is OCCO/N=C\c1ccc2ccccc2n1. The number of nitrogens with zero attached hydrogens (tertiary/aromatic N) is 2. The number of hydrogen-bond acceptors (Lipinski definition) is 4.